The highest BCUT2D eigenvalue weighted by molar-refractivity contribution is 7.80. The predicted octanol–water partition coefficient (Wildman–Crippen LogP) is 2.84. The summed E-state index contributed by atoms with van der Waals surface area (Å²) in [5, 5.41) is 3.44. The molecule has 0 aliphatic heterocycles. The van der Waals surface area contributed by atoms with Gasteiger partial charge < -0.3 is 11.1 Å². The molecule has 0 spiro atoms. The number of nitrogens with one attached hydrogen (secondary N) is 1. The van der Waals surface area contributed by atoms with E-state index in [4.69, 9.17) is 18.0 Å². The zero-order valence-electron chi connectivity index (χ0n) is 9.62. The first-order valence-electron chi connectivity index (χ1n) is 5.81. The molecule has 1 aromatic rings. The van der Waals surface area contributed by atoms with Gasteiger partial charge in [-0.2, -0.15) is 0 Å². The SMILES string of the molecule is Cc1cc(NCCC2CC2)ccc1C(N)=S. The average Bonchev–Trinajstić information content (AvgIpc) is 3.01. The second-order valence-corrected chi connectivity index (χ2v) is 4.99. The molecule has 3 heteroatoms. The molecule has 0 amide bonds. The number of thiocarbonyl (C=S) groups is 1. The maximum absolute atomic E-state index is 5.62. The predicted molar refractivity (Wildman–Crippen MR) is 72.9 cm³/mol. The number of rotatable bonds is 5. The summed E-state index contributed by atoms with van der Waals surface area (Å²) in [6, 6.07) is 6.16. The Hall–Kier alpha value is -1.09. The zero-order valence-corrected chi connectivity index (χ0v) is 10.4. The Kier molecular flexibility index (Phi) is 3.44. The van der Waals surface area contributed by atoms with Crippen LogP contribution in [0, 0.1) is 12.8 Å². The van der Waals surface area contributed by atoms with E-state index in [1.165, 1.54) is 19.3 Å². The highest BCUT2D eigenvalue weighted by Gasteiger charge is 2.20. The molecule has 0 radical (unpaired) electrons. The van der Waals surface area contributed by atoms with Crippen molar-refractivity contribution in [2.75, 3.05) is 11.9 Å². The van der Waals surface area contributed by atoms with E-state index >= 15 is 0 Å². The van der Waals surface area contributed by atoms with Gasteiger partial charge in [0.05, 0.1) is 0 Å². The molecular formula is C13H18N2S. The highest BCUT2D eigenvalue weighted by Crippen LogP contribution is 2.32. The smallest absolute Gasteiger partial charge is 0.104 e. The molecule has 1 aliphatic carbocycles. The van der Waals surface area contributed by atoms with E-state index in [1.807, 2.05) is 19.1 Å². The van der Waals surface area contributed by atoms with Crippen molar-refractivity contribution < 1.29 is 0 Å². The van der Waals surface area contributed by atoms with Gasteiger partial charge in [-0.05, 0) is 43.0 Å². The minimum Gasteiger partial charge on any atom is -0.389 e. The fourth-order valence-electron chi connectivity index (χ4n) is 1.88. The Balaban J connectivity index is 1.93. The number of hydrogen-bond acceptors (Lipinski definition) is 2. The van der Waals surface area contributed by atoms with Crippen LogP contribution < -0.4 is 11.1 Å². The van der Waals surface area contributed by atoms with Crippen molar-refractivity contribution in [2.24, 2.45) is 11.7 Å². The largest absolute Gasteiger partial charge is 0.389 e. The monoisotopic (exact) mass is 234 g/mol. The first-order valence-corrected chi connectivity index (χ1v) is 6.22. The van der Waals surface area contributed by atoms with Gasteiger partial charge in [-0.3, -0.25) is 0 Å². The molecule has 0 saturated heterocycles. The molecule has 2 rings (SSSR count). The Morgan fingerprint density at radius 2 is 2.25 bits per heavy atom. The number of aryl methyl sites for hydroxylation is 1. The van der Waals surface area contributed by atoms with Gasteiger partial charge in [0.1, 0.15) is 4.99 Å². The van der Waals surface area contributed by atoms with Crippen LogP contribution in [0.15, 0.2) is 18.2 Å². The molecule has 1 fully saturated rings. The third-order valence-electron chi connectivity index (χ3n) is 3.07. The van der Waals surface area contributed by atoms with E-state index in [2.05, 4.69) is 11.4 Å². The minimum atomic E-state index is 0.474. The number of hydrogen-bond donors (Lipinski definition) is 2. The Morgan fingerprint density at radius 1 is 1.50 bits per heavy atom. The second kappa shape index (κ2) is 4.83. The summed E-state index contributed by atoms with van der Waals surface area (Å²) in [4.78, 5) is 0.474. The van der Waals surface area contributed by atoms with E-state index < -0.39 is 0 Å². The minimum absolute atomic E-state index is 0.474. The Labute approximate surface area is 102 Å². The van der Waals surface area contributed by atoms with Crippen molar-refractivity contribution >= 4 is 22.9 Å². The van der Waals surface area contributed by atoms with Crippen LogP contribution in [-0.2, 0) is 0 Å². The lowest BCUT2D eigenvalue weighted by Crippen LogP contribution is -2.11. The molecule has 0 bridgehead atoms. The van der Waals surface area contributed by atoms with Crippen LogP contribution in [-0.4, -0.2) is 11.5 Å². The summed E-state index contributed by atoms with van der Waals surface area (Å²) in [7, 11) is 0. The van der Waals surface area contributed by atoms with E-state index in [1.54, 1.807) is 0 Å². The van der Waals surface area contributed by atoms with Gasteiger partial charge in [0, 0.05) is 17.8 Å². The number of anilines is 1. The normalized spacial score (nSPS) is 14.8. The van der Waals surface area contributed by atoms with E-state index in [9.17, 15) is 0 Å². The lowest BCUT2D eigenvalue weighted by Gasteiger charge is -2.09. The maximum Gasteiger partial charge on any atom is 0.104 e. The topological polar surface area (TPSA) is 38.0 Å². The molecule has 2 nitrogen and oxygen atoms in total. The molecule has 0 aromatic heterocycles. The zero-order chi connectivity index (χ0) is 11.5. The first kappa shape index (κ1) is 11.4. The van der Waals surface area contributed by atoms with E-state index in [0.29, 0.717) is 4.99 Å². The second-order valence-electron chi connectivity index (χ2n) is 4.55. The summed E-state index contributed by atoms with van der Waals surface area (Å²) in [5.74, 6) is 0.976. The quantitative estimate of drug-likeness (QED) is 0.769. The molecular weight excluding hydrogens is 216 g/mol. The molecule has 0 unspecified atom stereocenters. The van der Waals surface area contributed by atoms with Crippen LogP contribution >= 0.6 is 12.2 Å². The van der Waals surface area contributed by atoms with Crippen LogP contribution in [0.5, 0.6) is 0 Å². The summed E-state index contributed by atoms with van der Waals surface area (Å²) in [6.07, 6.45) is 4.12. The fraction of sp³-hybridized carbons (Fsp3) is 0.462. The molecule has 1 aromatic carbocycles. The van der Waals surface area contributed by atoms with Crippen LogP contribution in [0.2, 0.25) is 0 Å². The van der Waals surface area contributed by atoms with Gasteiger partial charge in [-0.15, -0.1) is 0 Å². The third-order valence-corrected chi connectivity index (χ3v) is 3.29. The average molecular weight is 234 g/mol. The van der Waals surface area contributed by atoms with Gasteiger partial charge in [0.15, 0.2) is 0 Å². The highest BCUT2D eigenvalue weighted by atomic mass is 32.1. The summed E-state index contributed by atoms with van der Waals surface area (Å²) in [5.41, 5.74) is 8.91. The first-order chi connectivity index (χ1) is 7.66. The summed E-state index contributed by atoms with van der Waals surface area (Å²) in [6.45, 7) is 3.11. The van der Waals surface area contributed by atoms with Crippen molar-refractivity contribution in [1.29, 1.82) is 0 Å². The molecule has 3 N–H and O–H groups in total. The van der Waals surface area contributed by atoms with Crippen LogP contribution in [0.25, 0.3) is 0 Å². The molecule has 1 aliphatic rings. The molecule has 0 atom stereocenters. The van der Waals surface area contributed by atoms with E-state index in [-0.39, 0.29) is 0 Å². The lowest BCUT2D eigenvalue weighted by atomic mass is 10.1. The standard InChI is InChI=1S/C13H18N2S/c1-9-8-11(4-5-12(9)13(14)16)15-7-6-10-2-3-10/h4-5,8,10,15H,2-3,6-7H2,1H3,(H2,14,16). The lowest BCUT2D eigenvalue weighted by molar-refractivity contribution is 0.760. The molecule has 0 heterocycles. The van der Waals surface area contributed by atoms with Crippen molar-refractivity contribution in [3.05, 3.63) is 29.3 Å². The summed E-state index contributed by atoms with van der Waals surface area (Å²) < 4.78 is 0. The Morgan fingerprint density at radius 3 is 2.81 bits per heavy atom. The van der Waals surface area contributed by atoms with Crippen molar-refractivity contribution in [1.82, 2.24) is 0 Å². The number of benzene rings is 1. The van der Waals surface area contributed by atoms with Gasteiger partial charge in [-0.1, -0.05) is 25.1 Å². The number of nitrogens with two attached hydrogens (primary N) is 1. The maximum atomic E-state index is 5.62. The van der Waals surface area contributed by atoms with Crippen molar-refractivity contribution in [2.45, 2.75) is 26.2 Å². The molecule has 16 heavy (non-hydrogen) atoms. The van der Waals surface area contributed by atoms with Gasteiger partial charge in [-0.25, -0.2) is 0 Å². The molecule has 1 saturated carbocycles. The summed E-state index contributed by atoms with van der Waals surface area (Å²) >= 11 is 4.98. The third kappa shape index (κ3) is 2.95. The fourth-order valence-corrected chi connectivity index (χ4v) is 2.11. The van der Waals surface area contributed by atoms with Gasteiger partial charge in [0.25, 0.3) is 0 Å². The Bertz CT molecular complexity index is 397. The molecule has 86 valence electrons. The van der Waals surface area contributed by atoms with E-state index in [0.717, 1.165) is 29.3 Å². The van der Waals surface area contributed by atoms with Gasteiger partial charge in [0.2, 0.25) is 0 Å². The van der Waals surface area contributed by atoms with Crippen LogP contribution in [0.4, 0.5) is 5.69 Å². The van der Waals surface area contributed by atoms with Crippen molar-refractivity contribution in [3.8, 4) is 0 Å². The van der Waals surface area contributed by atoms with Gasteiger partial charge >= 0.3 is 0 Å². The van der Waals surface area contributed by atoms with Crippen LogP contribution in [0.3, 0.4) is 0 Å². The van der Waals surface area contributed by atoms with Crippen LogP contribution in [0.1, 0.15) is 30.4 Å². The van der Waals surface area contributed by atoms with Crippen molar-refractivity contribution in [3.63, 3.8) is 0 Å².